The van der Waals surface area contributed by atoms with Gasteiger partial charge in [-0.1, -0.05) is 15.9 Å². The summed E-state index contributed by atoms with van der Waals surface area (Å²) in [6.45, 7) is 3.19. The Bertz CT molecular complexity index is 801. The fourth-order valence-electron chi connectivity index (χ4n) is 1.74. The quantitative estimate of drug-likeness (QED) is 0.820. The first kappa shape index (κ1) is 16.5. The Morgan fingerprint density at radius 2 is 1.77 bits per heavy atom. The van der Waals surface area contributed by atoms with Crippen molar-refractivity contribution in [1.29, 1.82) is 0 Å². The van der Waals surface area contributed by atoms with E-state index in [4.69, 9.17) is 4.18 Å². The standard InChI is InChI=1S/C15H14BrNO4S/c1-10-9-14(7-8-15(10)16)22(19,20)21-13-5-3-12(4-6-13)17-11(2)18/h3-9H,1-2H3,(H,17,18). The fraction of sp³-hybridized carbons (Fsp3) is 0.133. The van der Waals surface area contributed by atoms with E-state index in [0.29, 0.717) is 5.69 Å². The maximum Gasteiger partial charge on any atom is 0.339 e. The number of anilines is 1. The number of hydrogen-bond donors (Lipinski definition) is 1. The van der Waals surface area contributed by atoms with Crippen LogP contribution in [0, 0.1) is 6.92 Å². The van der Waals surface area contributed by atoms with Gasteiger partial charge in [0.1, 0.15) is 10.6 Å². The molecule has 2 aromatic carbocycles. The van der Waals surface area contributed by atoms with E-state index in [2.05, 4.69) is 21.2 Å². The molecule has 0 fully saturated rings. The van der Waals surface area contributed by atoms with Crippen molar-refractivity contribution in [3.63, 3.8) is 0 Å². The zero-order valence-electron chi connectivity index (χ0n) is 12.0. The van der Waals surface area contributed by atoms with Crippen molar-refractivity contribution in [2.24, 2.45) is 0 Å². The number of benzene rings is 2. The predicted octanol–water partition coefficient (Wildman–Crippen LogP) is 3.48. The van der Waals surface area contributed by atoms with Crippen LogP contribution >= 0.6 is 15.9 Å². The first-order chi connectivity index (χ1) is 10.3. The highest BCUT2D eigenvalue weighted by Crippen LogP contribution is 2.24. The molecule has 1 amide bonds. The smallest absolute Gasteiger partial charge is 0.339 e. The molecule has 0 spiro atoms. The highest BCUT2D eigenvalue weighted by atomic mass is 79.9. The molecule has 0 unspecified atom stereocenters. The minimum atomic E-state index is -3.90. The normalized spacial score (nSPS) is 11.0. The third-order valence-corrected chi connectivity index (χ3v) is 4.93. The second-order valence-electron chi connectivity index (χ2n) is 4.65. The van der Waals surface area contributed by atoms with Crippen LogP contribution in [0.5, 0.6) is 5.75 Å². The summed E-state index contributed by atoms with van der Waals surface area (Å²) in [7, 11) is -3.90. The van der Waals surface area contributed by atoms with Gasteiger partial charge in [0.25, 0.3) is 0 Å². The van der Waals surface area contributed by atoms with Crippen molar-refractivity contribution in [3.05, 3.63) is 52.5 Å². The molecule has 0 heterocycles. The van der Waals surface area contributed by atoms with Crippen LogP contribution in [0.1, 0.15) is 12.5 Å². The lowest BCUT2D eigenvalue weighted by atomic mass is 10.2. The summed E-state index contributed by atoms with van der Waals surface area (Å²) >= 11 is 3.32. The van der Waals surface area contributed by atoms with E-state index < -0.39 is 10.1 Å². The molecule has 2 rings (SSSR count). The SMILES string of the molecule is CC(=O)Nc1ccc(OS(=O)(=O)c2ccc(Br)c(C)c2)cc1. The van der Waals surface area contributed by atoms with Gasteiger partial charge in [-0.05, 0) is 55.0 Å². The van der Waals surface area contributed by atoms with Crippen LogP contribution in [-0.4, -0.2) is 14.3 Å². The van der Waals surface area contributed by atoms with E-state index in [1.165, 1.54) is 31.2 Å². The maximum atomic E-state index is 12.2. The summed E-state index contributed by atoms with van der Waals surface area (Å²) in [6, 6.07) is 10.8. The molecule has 7 heteroatoms. The Morgan fingerprint density at radius 1 is 1.14 bits per heavy atom. The largest absolute Gasteiger partial charge is 0.379 e. The first-order valence-electron chi connectivity index (χ1n) is 6.36. The molecule has 1 N–H and O–H groups in total. The number of carbonyl (C=O) groups excluding carboxylic acids is 1. The Balaban J connectivity index is 2.21. The molecule has 0 atom stereocenters. The van der Waals surface area contributed by atoms with Crippen molar-refractivity contribution in [3.8, 4) is 5.75 Å². The van der Waals surface area contributed by atoms with Gasteiger partial charge >= 0.3 is 10.1 Å². The minimum absolute atomic E-state index is 0.0825. The fourth-order valence-corrected chi connectivity index (χ4v) is 3.01. The zero-order chi connectivity index (χ0) is 16.3. The van der Waals surface area contributed by atoms with E-state index >= 15 is 0 Å². The molecule has 0 saturated heterocycles. The molecule has 0 aromatic heterocycles. The van der Waals surface area contributed by atoms with Crippen molar-refractivity contribution in [1.82, 2.24) is 0 Å². The topological polar surface area (TPSA) is 72.5 Å². The van der Waals surface area contributed by atoms with Crippen molar-refractivity contribution >= 4 is 37.6 Å². The highest BCUT2D eigenvalue weighted by Gasteiger charge is 2.17. The van der Waals surface area contributed by atoms with Crippen LogP contribution in [0.4, 0.5) is 5.69 Å². The van der Waals surface area contributed by atoms with Gasteiger partial charge in [-0.3, -0.25) is 4.79 Å². The number of rotatable bonds is 4. The number of aryl methyl sites for hydroxylation is 1. The van der Waals surface area contributed by atoms with E-state index in [1.807, 2.05) is 0 Å². The Hall–Kier alpha value is -1.86. The van der Waals surface area contributed by atoms with E-state index in [0.717, 1.165) is 10.0 Å². The van der Waals surface area contributed by atoms with E-state index in [9.17, 15) is 13.2 Å². The Labute approximate surface area is 137 Å². The average Bonchev–Trinajstić information content (AvgIpc) is 2.43. The van der Waals surface area contributed by atoms with Gasteiger partial charge < -0.3 is 9.50 Å². The van der Waals surface area contributed by atoms with Crippen LogP contribution in [0.25, 0.3) is 0 Å². The van der Waals surface area contributed by atoms with Gasteiger partial charge in [-0.25, -0.2) is 0 Å². The lowest BCUT2D eigenvalue weighted by Crippen LogP contribution is -2.10. The molecule has 0 saturated carbocycles. The number of halogens is 1. The number of nitrogens with one attached hydrogen (secondary N) is 1. The summed E-state index contributed by atoms with van der Waals surface area (Å²) < 4.78 is 30.4. The summed E-state index contributed by atoms with van der Waals surface area (Å²) in [5.41, 5.74) is 1.36. The molecular formula is C15H14BrNO4S. The second-order valence-corrected chi connectivity index (χ2v) is 7.05. The minimum Gasteiger partial charge on any atom is -0.379 e. The molecule has 0 radical (unpaired) electrons. The average molecular weight is 384 g/mol. The van der Waals surface area contributed by atoms with Gasteiger partial charge in [0.15, 0.2) is 0 Å². The molecule has 0 aliphatic carbocycles. The lowest BCUT2D eigenvalue weighted by molar-refractivity contribution is -0.114. The van der Waals surface area contributed by atoms with Crippen molar-refractivity contribution in [2.75, 3.05) is 5.32 Å². The molecule has 0 aliphatic rings. The van der Waals surface area contributed by atoms with E-state index in [-0.39, 0.29) is 16.6 Å². The van der Waals surface area contributed by atoms with Gasteiger partial charge in [-0.15, -0.1) is 0 Å². The monoisotopic (exact) mass is 383 g/mol. The van der Waals surface area contributed by atoms with Crippen molar-refractivity contribution in [2.45, 2.75) is 18.7 Å². The molecular weight excluding hydrogens is 370 g/mol. The Morgan fingerprint density at radius 3 is 2.32 bits per heavy atom. The van der Waals surface area contributed by atoms with E-state index in [1.54, 1.807) is 25.1 Å². The predicted molar refractivity (Wildman–Crippen MR) is 87.4 cm³/mol. The van der Waals surface area contributed by atoms with Crippen LogP contribution < -0.4 is 9.50 Å². The van der Waals surface area contributed by atoms with Crippen LogP contribution in [0.15, 0.2) is 51.8 Å². The van der Waals surface area contributed by atoms with Crippen LogP contribution in [-0.2, 0) is 14.9 Å². The summed E-state index contributed by atoms with van der Waals surface area (Å²) in [6.07, 6.45) is 0. The first-order valence-corrected chi connectivity index (χ1v) is 8.56. The van der Waals surface area contributed by atoms with Gasteiger partial charge in [-0.2, -0.15) is 8.42 Å². The molecule has 5 nitrogen and oxygen atoms in total. The lowest BCUT2D eigenvalue weighted by Gasteiger charge is -2.09. The molecule has 0 bridgehead atoms. The van der Waals surface area contributed by atoms with Crippen LogP contribution in [0.3, 0.4) is 0 Å². The molecule has 2 aromatic rings. The number of carbonyl (C=O) groups is 1. The summed E-state index contributed by atoms with van der Waals surface area (Å²) in [5, 5.41) is 2.59. The second kappa shape index (κ2) is 6.50. The summed E-state index contributed by atoms with van der Waals surface area (Å²) in [4.78, 5) is 11.0. The van der Waals surface area contributed by atoms with Gasteiger partial charge in [0, 0.05) is 17.1 Å². The highest BCUT2D eigenvalue weighted by molar-refractivity contribution is 9.10. The third-order valence-electron chi connectivity index (χ3n) is 2.80. The molecule has 116 valence electrons. The maximum absolute atomic E-state index is 12.2. The van der Waals surface area contributed by atoms with Crippen LogP contribution in [0.2, 0.25) is 0 Å². The van der Waals surface area contributed by atoms with Gasteiger partial charge in [0.05, 0.1) is 0 Å². The Kier molecular flexibility index (Phi) is 4.87. The summed E-state index contributed by atoms with van der Waals surface area (Å²) in [5.74, 6) is -0.0266. The molecule has 22 heavy (non-hydrogen) atoms. The zero-order valence-corrected chi connectivity index (χ0v) is 14.4. The number of amides is 1. The van der Waals surface area contributed by atoms with Crippen molar-refractivity contribution < 1.29 is 17.4 Å². The molecule has 0 aliphatic heterocycles. The third kappa shape index (κ3) is 4.08. The number of hydrogen-bond acceptors (Lipinski definition) is 4. The van der Waals surface area contributed by atoms with Gasteiger partial charge in [0.2, 0.25) is 5.91 Å².